The molecule has 0 spiro atoms. The molecule has 2 heteroatoms. The number of rotatable bonds is 0. The Morgan fingerprint density at radius 1 is 1.07 bits per heavy atom. The molecule has 1 atom stereocenters. The molecule has 2 rings (SSSR count). The number of aliphatic hydroxyl groups is 1. The van der Waals surface area contributed by atoms with E-state index >= 15 is 0 Å². The SMILES string of the molecule is NC1=CCC(O)C=C1.c1ccccc1. The molecule has 1 aliphatic rings. The molecule has 0 amide bonds. The maximum absolute atomic E-state index is 8.84. The Kier molecular flexibility index (Phi) is 4.51. The lowest BCUT2D eigenvalue weighted by Crippen LogP contribution is -2.07. The molecule has 1 aromatic carbocycles. The van der Waals surface area contributed by atoms with Crippen LogP contribution in [0.5, 0.6) is 0 Å². The number of hydrogen-bond acceptors (Lipinski definition) is 2. The Morgan fingerprint density at radius 2 is 1.57 bits per heavy atom. The third-order valence-electron chi connectivity index (χ3n) is 1.77. The summed E-state index contributed by atoms with van der Waals surface area (Å²) in [4.78, 5) is 0. The molecular formula is C12H15NO. The van der Waals surface area contributed by atoms with Gasteiger partial charge < -0.3 is 10.8 Å². The summed E-state index contributed by atoms with van der Waals surface area (Å²) in [7, 11) is 0. The van der Waals surface area contributed by atoms with Crippen LogP contribution < -0.4 is 5.73 Å². The van der Waals surface area contributed by atoms with Crippen LogP contribution in [0.2, 0.25) is 0 Å². The monoisotopic (exact) mass is 189 g/mol. The minimum Gasteiger partial charge on any atom is -0.399 e. The van der Waals surface area contributed by atoms with Gasteiger partial charge in [-0.05, 0) is 12.5 Å². The topological polar surface area (TPSA) is 46.2 Å². The molecule has 0 aliphatic heterocycles. The first kappa shape index (κ1) is 10.5. The van der Waals surface area contributed by atoms with Gasteiger partial charge >= 0.3 is 0 Å². The molecule has 0 saturated carbocycles. The fourth-order valence-electron chi connectivity index (χ4n) is 1.01. The van der Waals surface area contributed by atoms with Gasteiger partial charge in [0.1, 0.15) is 0 Å². The van der Waals surface area contributed by atoms with E-state index in [0.717, 1.165) is 5.70 Å². The number of hydrogen-bond donors (Lipinski definition) is 2. The van der Waals surface area contributed by atoms with Gasteiger partial charge in [-0.2, -0.15) is 0 Å². The first-order valence-corrected chi connectivity index (χ1v) is 4.61. The average molecular weight is 189 g/mol. The van der Waals surface area contributed by atoms with E-state index in [0.29, 0.717) is 6.42 Å². The van der Waals surface area contributed by atoms with Crippen LogP contribution >= 0.6 is 0 Å². The average Bonchev–Trinajstić information content (AvgIpc) is 2.26. The van der Waals surface area contributed by atoms with Gasteiger partial charge in [-0.1, -0.05) is 48.6 Å². The fraction of sp³-hybridized carbons (Fsp3) is 0.167. The van der Waals surface area contributed by atoms with Crippen LogP contribution in [0, 0.1) is 0 Å². The van der Waals surface area contributed by atoms with E-state index in [1.165, 1.54) is 0 Å². The van der Waals surface area contributed by atoms with Crippen molar-refractivity contribution in [1.82, 2.24) is 0 Å². The number of allylic oxidation sites excluding steroid dienone is 1. The second-order valence-corrected chi connectivity index (χ2v) is 3.02. The third kappa shape index (κ3) is 4.48. The van der Waals surface area contributed by atoms with Crippen molar-refractivity contribution in [3.05, 3.63) is 60.3 Å². The molecule has 0 heterocycles. The van der Waals surface area contributed by atoms with Crippen molar-refractivity contribution in [2.75, 3.05) is 0 Å². The van der Waals surface area contributed by atoms with E-state index < -0.39 is 0 Å². The molecular weight excluding hydrogens is 174 g/mol. The molecule has 0 aromatic heterocycles. The maximum Gasteiger partial charge on any atom is 0.0759 e. The lowest BCUT2D eigenvalue weighted by Gasteiger charge is -2.05. The van der Waals surface area contributed by atoms with Crippen molar-refractivity contribution in [1.29, 1.82) is 0 Å². The first-order chi connectivity index (χ1) is 6.79. The van der Waals surface area contributed by atoms with Crippen LogP contribution in [0.25, 0.3) is 0 Å². The molecule has 0 fully saturated rings. The van der Waals surface area contributed by atoms with Crippen LogP contribution in [0.15, 0.2) is 60.3 Å². The molecule has 74 valence electrons. The quantitative estimate of drug-likeness (QED) is 0.654. The normalized spacial score (nSPS) is 19.2. The molecule has 0 radical (unpaired) electrons. The minimum absolute atomic E-state index is 0.317. The summed E-state index contributed by atoms with van der Waals surface area (Å²) in [6, 6.07) is 12.0. The van der Waals surface area contributed by atoms with Crippen LogP contribution in [0.4, 0.5) is 0 Å². The molecule has 1 aliphatic carbocycles. The second kappa shape index (κ2) is 6.00. The van der Waals surface area contributed by atoms with Crippen molar-refractivity contribution in [3.63, 3.8) is 0 Å². The van der Waals surface area contributed by atoms with Crippen LogP contribution in [0.1, 0.15) is 6.42 Å². The molecule has 2 nitrogen and oxygen atoms in total. The predicted octanol–water partition coefficient (Wildman–Crippen LogP) is 1.84. The molecule has 1 unspecified atom stereocenters. The van der Waals surface area contributed by atoms with Gasteiger partial charge in [0, 0.05) is 5.70 Å². The Morgan fingerprint density at radius 3 is 1.86 bits per heavy atom. The second-order valence-electron chi connectivity index (χ2n) is 3.02. The van der Waals surface area contributed by atoms with E-state index in [2.05, 4.69) is 0 Å². The molecule has 0 saturated heterocycles. The summed E-state index contributed by atoms with van der Waals surface area (Å²) in [6.07, 6.45) is 5.55. The maximum atomic E-state index is 8.84. The molecule has 0 bridgehead atoms. The zero-order valence-corrected chi connectivity index (χ0v) is 8.01. The third-order valence-corrected chi connectivity index (χ3v) is 1.77. The summed E-state index contributed by atoms with van der Waals surface area (Å²) in [5.74, 6) is 0. The Balaban J connectivity index is 0.000000146. The highest BCUT2D eigenvalue weighted by atomic mass is 16.3. The number of aliphatic hydroxyl groups excluding tert-OH is 1. The lowest BCUT2D eigenvalue weighted by molar-refractivity contribution is 0.225. The van der Waals surface area contributed by atoms with Crippen molar-refractivity contribution in [2.45, 2.75) is 12.5 Å². The number of benzene rings is 1. The zero-order valence-electron chi connectivity index (χ0n) is 8.01. The Bertz CT molecular complexity index is 277. The highest BCUT2D eigenvalue weighted by Crippen LogP contribution is 2.04. The smallest absolute Gasteiger partial charge is 0.0759 e. The van der Waals surface area contributed by atoms with Gasteiger partial charge in [0.15, 0.2) is 0 Å². The number of nitrogens with two attached hydrogens (primary N) is 1. The fourth-order valence-corrected chi connectivity index (χ4v) is 1.01. The van der Waals surface area contributed by atoms with Crippen molar-refractivity contribution in [2.24, 2.45) is 5.73 Å². The zero-order chi connectivity index (χ0) is 10.2. The molecule has 1 aromatic rings. The van der Waals surface area contributed by atoms with E-state index in [4.69, 9.17) is 10.8 Å². The summed E-state index contributed by atoms with van der Waals surface area (Å²) in [5, 5.41) is 8.84. The van der Waals surface area contributed by atoms with Gasteiger partial charge in [-0.25, -0.2) is 0 Å². The standard InChI is InChI=1S/C6H9NO.C6H6/c7-5-1-3-6(8)4-2-5;1-2-4-6-5-3-1/h1-3,6,8H,4,7H2;1-6H. The van der Waals surface area contributed by atoms with Gasteiger partial charge in [0.05, 0.1) is 6.10 Å². The summed E-state index contributed by atoms with van der Waals surface area (Å²) in [6.45, 7) is 0. The van der Waals surface area contributed by atoms with Gasteiger partial charge in [0.2, 0.25) is 0 Å². The van der Waals surface area contributed by atoms with Crippen LogP contribution in [-0.2, 0) is 0 Å². The van der Waals surface area contributed by atoms with E-state index in [9.17, 15) is 0 Å². The predicted molar refractivity (Wildman–Crippen MR) is 58.5 cm³/mol. The van der Waals surface area contributed by atoms with Crippen molar-refractivity contribution in [3.8, 4) is 0 Å². The van der Waals surface area contributed by atoms with Gasteiger partial charge in [-0.3, -0.25) is 0 Å². The van der Waals surface area contributed by atoms with Gasteiger partial charge in [-0.15, -0.1) is 0 Å². The summed E-state index contributed by atoms with van der Waals surface area (Å²) < 4.78 is 0. The molecule has 14 heavy (non-hydrogen) atoms. The Hall–Kier alpha value is -1.54. The van der Waals surface area contributed by atoms with Crippen LogP contribution in [0.3, 0.4) is 0 Å². The largest absolute Gasteiger partial charge is 0.399 e. The van der Waals surface area contributed by atoms with E-state index in [1.54, 1.807) is 12.2 Å². The van der Waals surface area contributed by atoms with Crippen LogP contribution in [-0.4, -0.2) is 11.2 Å². The van der Waals surface area contributed by atoms with E-state index in [1.807, 2.05) is 42.5 Å². The highest BCUT2D eigenvalue weighted by molar-refractivity contribution is 5.20. The lowest BCUT2D eigenvalue weighted by atomic mass is 10.1. The van der Waals surface area contributed by atoms with Gasteiger partial charge in [0.25, 0.3) is 0 Å². The Labute approximate surface area is 84.4 Å². The van der Waals surface area contributed by atoms with E-state index in [-0.39, 0.29) is 6.10 Å². The van der Waals surface area contributed by atoms with Crippen molar-refractivity contribution < 1.29 is 5.11 Å². The molecule has 3 N–H and O–H groups in total. The first-order valence-electron chi connectivity index (χ1n) is 4.61. The minimum atomic E-state index is -0.317. The summed E-state index contributed by atoms with van der Waals surface area (Å²) in [5.41, 5.74) is 6.11. The highest BCUT2D eigenvalue weighted by Gasteiger charge is 1.99. The van der Waals surface area contributed by atoms with Crippen molar-refractivity contribution >= 4 is 0 Å². The summed E-state index contributed by atoms with van der Waals surface area (Å²) >= 11 is 0.